The molecule has 0 aliphatic carbocycles. The molecule has 1 saturated heterocycles. The van der Waals surface area contributed by atoms with Crippen molar-refractivity contribution in [2.75, 3.05) is 23.3 Å². The lowest BCUT2D eigenvalue weighted by atomic mass is 10.0. The number of nitrogens with one attached hydrogen (secondary N) is 3. The van der Waals surface area contributed by atoms with Crippen LogP contribution < -0.4 is 15.5 Å². The van der Waals surface area contributed by atoms with Crippen molar-refractivity contribution >= 4 is 50.3 Å². The van der Waals surface area contributed by atoms with E-state index >= 15 is 0 Å². The molecule has 1 aliphatic heterocycles. The Bertz CT molecular complexity index is 971. The lowest BCUT2D eigenvalue weighted by molar-refractivity contribution is -0.130. The molecule has 10 heteroatoms. The third kappa shape index (κ3) is 5.36. The van der Waals surface area contributed by atoms with Gasteiger partial charge in [0.15, 0.2) is 0 Å². The average molecular weight is 496 g/mol. The van der Waals surface area contributed by atoms with Crippen molar-refractivity contribution in [1.82, 2.24) is 15.3 Å². The molecule has 2 aromatic heterocycles. The maximum atomic E-state index is 13.4. The summed E-state index contributed by atoms with van der Waals surface area (Å²) in [6.45, 7) is 9.80. The SMILES string of the molecule is CC(C)(C)OC(=O)N(c1c(Br)cnc2[nH]cc(NC(=O)C(C)(C)O)c12)[C@@H]1CCCNC1. The van der Waals surface area contributed by atoms with Crippen molar-refractivity contribution in [1.29, 1.82) is 0 Å². The lowest BCUT2D eigenvalue weighted by Gasteiger charge is -2.36. The van der Waals surface area contributed by atoms with Gasteiger partial charge in [0.25, 0.3) is 5.91 Å². The number of rotatable bonds is 4. The number of piperidine rings is 1. The predicted octanol–water partition coefficient (Wildman–Crippen LogP) is 3.53. The summed E-state index contributed by atoms with van der Waals surface area (Å²) in [5, 5.41) is 16.7. The number of ether oxygens (including phenoxy) is 1. The quantitative estimate of drug-likeness (QED) is 0.514. The number of fused-ring (bicyclic) bond motifs is 1. The maximum absolute atomic E-state index is 13.4. The van der Waals surface area contributed by atoms with Crippen LogP contribution in [0.4, 0.5) is 16.2 Å². The topological polar surface area (TPSA) is 120 Å². The summed E-state index contributed by atoms with van der Waals surface area (Å²) in [5.74, 6) is -0.567. The van der Waals surface area contributed by atoms with E-state index in [9.17, 15) is 14.7 Å². The summed E-state index contributed by atoms with van der Waals surface area (Å²) in [6.07, 6.45) is 4.46. The molecular formula is C21H30BrN5O4. The third-order valence-corrected chi connectivity index (χ3v) is 5.48. The number of carbonyl (C=O) groups is 2. The normalized spacial score (nSPS) is 17.5. The van der Waals surface area contributed by atoms with Gasteiger partial charge in [-0.25, -0.2) is 9.78 Å². The van der Waals surface area contributed by atoms with E-state index in [-0.39, 0.29) is 6.04 Å². The molecule has 9 nitrogen and oxygen atoms in total. The first-order valence-electron chi connectivity index (χ1n) is 10.3. The molecule has 2 aromatic rings. The van der Waals surface area contributed by atoms with Gasteiger partial charge in [-0.1, -0.05) is 0 Å². The first-order chi connectivity index (χ1) is 14.4. The van der Waals surface area contributed by atoms with E-state index in [1.807, 2.05) is 20.8 Å². The summed E-state index contributed by atoms with van der Waals surface area (Å²) in [4.78, 5) is 34.9. The Hall–Kier alpha value is -2.17. The predicted molar refractivity (Wildman–Crippen MR) is 123 cm³/mol. The maximum Gasteiger partial charge on any atom is 0.415 e. The third-order valence-electron chi connectivity index (χ3n) is 4.90. The number of aliphatic hydroxyl groups is 1. The molecule has 3 rings (SSSR count). The van der Waals surface area contributed by atoms with E-state index in [1.54, 1.807) is 17.3 Å². The monoisotopic (exact) mass is 495 g/mol. The van der Waals surface area contributed by atoms with Crippen molar-refractivity contribution in [2.24, 2.45) is 0 Å². The molecule has 0 aromatic carbocycles. The molecule has 1 fully saturated rings. The highest BCUT2D eigenvalue weighted by molar-refractivity contribution is 9.10. The van der Waals surface area contributed by atoms with Gasteiger partial charge in [0.2, 0.25) is 0 Å². The zero-order valence-corrected chi connectivity index (χ0v) is 20.1. The second kappa shape index (κ2) is 8.76. The summed E-state index contributed by atoms with van der Waals surface area (Å²) in [7, 11) is 0. The summed E-state index contributed by atoms with van der Waals surface area (Å²) >= 11 is 3.55. The van der Waals surface area contributed by atoms with E-state index in [4.69, 9.17) is 4.74 Å². The molecule has 0 saturated carbocycles. The van der Waals surface area contributed by atoms with Crippen molar-refractivity contribution in [3.8, 4) is 0 Å². The Labute approximate surface area is 190 Å². The molecule has 1 atom stereocenters. The lowest BCUT2D eigenvalue weighted by Crippen LogP contribution is -2.50. The molecule has 31 heavy (non-hydrogen) atoms. The molecule has 4 N–H and O–H groups in total. The van der Waals surface area contributed by atoms with E-state index in [0.717, 1.165) is 19.4 Å². The number of hydrogen-bond donors (Lipinski definition) is 4. The molecular weight excluding hydrogens is 466 g/mol. The number of anilines is 2. The highest BCUT2D eigenvalue weighted by Gasteiger charge is 2.35. The van der Waals surface area contributed by atoms with Crippen molar-refractivity contribution < 1.29 is 19.4 Å². The first-order valence-corrected chi connectivity index (χ1v) is 11.1. The van der Waals surface area contributed by atoms with Crippen LogP contribution in [0.2, 0.25) is 0 Å². The van der Waals surface area contributed by atoms with Gasteiger partial charge in [-0.3, -0.25) is 9.69 Å². The van der Waals surface area contributed by atoms with Gasteiger partial charge in [-0.05, 0) is 69.9 Å². The Balaban J connectivity index is 2.15. The van der Waals surface area contributed by atoms with Crippen LogP contribution in [-0.4, -0.2) is 57.4 Å². The Morgan fingerprint density at radius 2 is 2.03 bits per heavy atom. The number of H-pyrrole nitrogens is 1. The molecule has 2 amide bonds. The number of pyridine rings is 1. The van der Waals surface area contributed by atoms with Gasteiger partial charge in [0.1, 0.15) is 16.8 Å². The average Bonchev–Trinajstić information content (AvgIpc) is 3.05. The fourth-order valence-electron chi connectivity index (χ4n) is 3.45. The molecule has 0 radical (unpaired) electrons. The van der Waals surface area contributed by atoms with E-state index < -0.39 is 23.2 Å². The summed E-state index contributed by atoms with van der Waals surface area (Å²) < 4.78 is 6.34. The highest BCUT2D eigenvalue weighted by Crippen LogP contribution is 2.40. The van der Waals surface area contributed by atoms with Crippen LogP contribution >= 0.6 is 15.9 Å². The smallest absolute Gasteiger partial charge is 0.415 e. The first kappa shape index (κ1) is 23.5. The summed E-state index contributed by atoms with van der Waals surface area (Å²) in [6, 6.07) is -0.141. The van der Waals surface area contributed by atoms with E-state index in [2.05, 4.69) is 36.5 Å². The number of amides is 2. The molecule has 170 valence electrons. The van der Waals surface area contributed by atoms with E-state index in [1.165, 1.54) is 13.8 Å². The number of halogens is 1. The second-order valence-corrected chi connectivity index (χ2v) is 10.1. The van der Waals surface area contributed by atoms with Gasteiger partial charge >= 0.3 is 6.09 Å². The summed E-state index contributed by atoms with van der Waals surface area (Å²) in [5.41, 5.74) is -0.766. The van der Waals surface area contributed by atoms with Crippen LogP contribution in [0.15, 0.2) is 16.9 Å². The fourth-order valence-corrected chi connectivity index (χ4v) is 3.94. The Morgan fingerprint density at radius 3 is 2.61 bits per heavy atom. The minimum absolute atomic E-state index is 0.141. The molecule has 1 aliphatic rings. The van der Waals surface area contributed by atoms with Crippen molar-refractivity contribution in [2.45, 2.75) is 64.7 Å². The zero-order valence-electron chi connectivity index (χ0n) is 18.5. The minimum Gasteiger partial charge on any atom is -0.443 e. The number of carbonyl (C=O) groups excluding carboxylic acids is 2. The fraction of sp³-hybridized carbons (Fsp3) is 0.571. The van der Waals surface area contributed by atoms with Gasteiger partial charge in [0.05, 0.1) is 27.3 Å². The molecule has 0 bridgehead atoms. The standard InChI is InChI=1S/C21H30BrN5O4/c1-20(2,3)31-19(29)27(12-7-6-8-23-9-12)16-13(22)10-24-17-15(16)14(11-25-17)26-18(28)21(4,5)30/h10-12,23,30H,6-9H2,1-5H3,(H,24,25)(H,26,28)/t12-/m1/s1. The van der Waals surface area contributed by atoms with Crippen LogP contribution in [-0.2, 0) is 9.53 Å². The number of aromatic nitrogens is 2. The van der Waals surface area contributed by atoms with E-state index in [0.29, 0.717) is 33.4 Å². The van der Waals surface area contributed by atoms with Gasteiger partial charge in [-0.2, -0.15) is 0 Å². The molecule has 0 spiro atoms. The van der Waals surface area contributed by atoms with Gasteiger partial charge in [0, 0.05) is 18.9 Å². The second-order valence-electron chi connectivity index (χ2n) is 9.24. The van der Waals surface area contributed by atoms with Crippen molar-refractivity contribution in [3.05, 3.63) is 16.9 Å². The Kier molecular flexibility index (Phi) is 6.64. The van der Waals surface area contributed by atoms with Crippen LogP contribution in [0.5, 0.6) is 0 Å². The van der Waals surface area contributed by atoms with Crippen LogP contribution in [0.25, 0.3) is 11.0 Å². The molecule has 0 unspecified atom stereocenters. The number of aromatic amines is 1. The number of hydrogen-bond acceptors (Lipinski definition) is 6. The highest BCUT2D eigenvalue weighted by atomic mass is 79.9. The van der Waals surface area contributed by atoms with Crippen molar-refractivity contribution in [3.63, 3.8) is 0 Å². The van der Waals surface area contributed by atoms with Gasteiger partial charge in [-0.15, -0.1) is 0 Å². The molecule has 3 heterocycles. The largest absolute Gasteiger partial charge is 0.443 e. The number of nitrogens with zero attached hydrogens (tertiary/aromatic N) is 2. The van der Waals surface area contributed by atoms with Crippen LogP contribution in [0.3, 0.4) is 0 Å². The minimum atomic E-state index is -1.57. The zero-order chi connectivity index (χ0) is 23.0. The van der Waals surface area contributed by atoms with Gasteiger partial charge < -0.3 is 25.5 Å². The van der Waals surface area contributed by atoms with Crippen LogP contribution in [0.1, 0.15) is 47.5 Å². The Morgan fingerprint density at radius 1 is 1.32 bits per heavy atom. The van der Waals surface area contributed by atoms with Crippen LogP contribution in [0, 0.1) is 0 Å².